The summed E-state index contributed by atoms with van der Waals surface area (Å²) < 4.78 is 2.69. The van der Waals surface area contributed by atoms with Crippen molar-refractivity contribution in [2.75, 3.05) is 5.75 Å². The van der Waals surface area contributed by atoms with Crippen molar-refractivity contribution in [1.82, 2.24) is 14.8 Å². The lowest BCUT2D eigenvalue weighted by Gasteiger charge is -2.02. The fourth-order valence-corrected chi connectivity index (χ4v) is 2.40. The van der Waals surface area contributed by atoms with Gasteiger partial charge in [-0.2, -0.15) is 0 Å². The van der Waals surface area contributed by atoms with Gasteiger partial charge in [-0.25, -0.2) is 9.67 Å². The monoisotopic (exact) mass is 353 g/mol. The number of benzene rings is 1. The molecule has 1 aromatic heterocycles. The van der Waals surface area contributed by atoms with Gasteiger partial charge in [-0.05, 0) is 12.1 Å². The van der Waals surface area contributed by atoms with E-state index in [-0.39, 0.29) is 5.75 Å². The molecule has 1 heterocycles. The third kappa shape index (κ3) is 3.71. The Balaban J connectivity index is 2.32. The van der Waals surface area contributed by atoms with Crippen LogP contribution in [0.2, 0.25) is 0 Å². The van der Waals surface area contributed by atoms with Crippen LogP contribution in [0.1, 0.15) is 0 Å². The molecule has 2 rings (SSSR count). The van der Waals surface area contributed by atoms with Crippen LogP contribution in [-0.4, -0.2) is 31.6 Å². The number of nitrogens with zero attached hydrogens (tertiary/aromatic N) is 3. The lowest BCUT2D eigenvalue weighted by Crippen LogP contribution is -2.01. The van der Waals surface area contributed by atoms with Gasteiger partial charge in [-0.1, -0.05) is 45.9 Å². The number of carbonyl (C=O) groups is 1. The predicted molar refractivity (Wildman–Crippen MR) is 81.7 cm³/mol. The van der Waals surface area contributed by atoms with Gasteiger partial charge >= 0.3 is 5.97 Å². The van der Waals surface area contributed by atoms with Crippen LogP contribution in [0.3, 0.4) is 0 Å². The number of thioether (sulfide) groups is 1. The van der Waals surface area contributed by atoms with Crippen LogP contribution < -0.4 is 0 Å². The molecule has 20 heavy (non-hydrogen) atoms. The Morgan fingerprint density at radius 2 is 2.15 bits per heavy atom. The number of carboxylic acids is 1. The van der Waals surface area contributed by atoms with Gasteiger partial charge in [0, 0.05) is 10.0 Å². The highest BCUT2D eigenvalue weighted by atomic mass is 79.9. The summed E-state index contributed by atoms with van der Waals surface area (Å²) in [6.45, 7) is 4.21. The van der Waals surface area contributed by atoms with E-state index in [0.717, 1.165) is 21.8 Å². The Morgan fingerprint density at radius 1 is 1.45 bits per heavy atom. The third-order valence-corrected chi connectivity index (χ3v) is 3.73. The summed E-state index contributed by atoms with van der Waals surface area (Å²) in [5.74, 6) is -0.247. The largest absolute Gasteiger partial charge is 0.481 e. The van der Waals surface area contributed by atoms with Crippen molar-refractivity contribution in [3.8, 4) is 11.4 Å². The van der Waals surface area contributed by atoms with Crippen LogP contribution in [0, 0.1) is 0 Å². The molecule has 0 aliphatic heterocycles. The highest BCUT2D eigenvalue weighted by Crippen LogP contribution is 2.23. The molecule has 1 N–H and O–H groups in total. The fourth-order valence-electron chi connectivity index (χ4n) is 1.57. The van der Waals surface area contributed by atoms with E-state index < -0.39 is 5.97 Å². The summed E-state index contributed by atoms with van der Waals surface area (Å²) in [5, 5.41) is 13.4. The molecule has 7 heteroatoms. The minimum Gasteiger partial charge on any atom is -0.481 e. The van der Waals surface area contributed by atoms with Gasteiger partial charge < -0.3 is 5.11 Å². The maximum absolute atomic E-state index is 10.6. The van der Waals surface area contributed by atoms with Gasteiger partial charge in [0.15, 0.2) is 5.82 Å². The lowest BCUT2D eigenvalue weighted by atomic mass is 10.2. The Kier molecular flexibility index (Phi) is 4.97. The zero-order chi connectivity index (χ0) is 14.5. The van der Waals surface area contributed by atoms with Crippen molar-refractivity contribution in [3.63, 3.8) is 0 Å². The Morgan fingerprint density at radius 3 is 2.75 bits per heavy atom. The van der Waals surface area contributed by atoms with E-state index in [0.29, 0.717) is 17.5 Å². The van der Waals surface area contributed by atoms with Crippen molar-refractivity contribution >= 4 is 33.7 Å². The van der Waals surface area contributed by atoms with E-state index >= 15 is 0 Å². The van der Waals surface area contributed by atoms with Crippen LogP contribution >= 0.6 is 27.7 Å². The van der Waals surface area contributed by atoms with Gasteiger partial charge in [0.05, 0.1) is 12.3 Å². The minimum absolute atomic E-state index is 0.0577. The van der Waals surface area contributed by atoms with Gasteiger partial charge in [-0.3, -0.25) is 4.79 Å². The maximum Gasteiger partial charge on any atom is 0.313 e. The topological polar surface area (TPSA) is 68.0 Å². The number of halogens is 1. The Hall–Kier alpha value is -1.60. The molecule has 0 unspecified atom stereocenters. The standard InChI is InChI=1S/C13H12BrN3O2S/c1-2-7-17-12(9-3-5-10(14)6-4-9)15-13(16-17)20-8-11(18)19/h2-6H,1,7-8H2,(H,18,19). The molecule has 0 aliphatic carbocycles. The second-order valence-corrected chi connectivity index (χ2v) is 5.74. The SMILES string of the molecule is C=CCn1nc(SCC(=O)O)nc1-c1ccc(Br)cc1. The molecule has 0 atom stereocenters. The summed E-state index contributed by atoms with van der Waals surface area (Å²) in [6.07, 6.45) is 1.72. The van der Waals surface area contributed by atoms with Crippen molar-refractivity contribution in [2.45, 2.75) is 11.7 Å². The average Bonchev–Trinajstić information content (AvgIpc) is 2.81. The van der Waals surface area contributed by atoms with Crippen molar-refractivity contribution in [2.24, 2.45) is 0 Å². The lowest BCUT2D eigenvalue weighted by molar-refractivity contribution is -0.133. The highest BCUT2D eigenvalue weighted by molar-refractivity contribution is 9.10. The molecular weight excluding hydrogens is 342 g/mol. The first-order valence-electron chi connectivity index (χ1n) is 5.76. The van der Waals surface area contributed by atoms with E-state index in [2.05, 4.69) is 32.6 Å². The summed E-state index contributed by atoms with van der Waals surface area (Å²) in [6, 6.07) is 7.71. The number of carboxylic acid groups (broad SMARTS) is 1. The van der Waals surface area contributed by atoms with Gasteiger partial charge in [0.25, 0.3) is 0 Å². The summed E-state index contributed by atoms with van der Waals surface area (Å²) in [7, 11) is 0. The molecule has 0 saturated heterocycles. The highest BCUT2D eigenvalue weighted by Gasteiger charge is 2.12. The molecule has 0 bridgehead atoms. The number of aliphatic carboxylic acids is 1. The van der Waals surface area contributed by atoms with Crippen LogP contribution in [-0.2, 0) is 11.3 Å². The predicted octanol–water partition coefficient (Wildman–Crippen LogP) is 3.07. The van der Waals surface area contributed by atoms with Gasteiger partial charge in [-0.15, -0.1) is 11.7 Å². The van der Waals surface area contributed by atoms with Crippen molar-refractivity contribution in [1.29, 1.82) is 0 Å². The summed E-state index contributed by atoms with van der Waals surface area (Å²) in [5.41, 5.74) is 0.921. The van der Waals surface area contributed by atoms with Gasteiger partial charge in [0.1, 0.15) is 0 Å². The molecule has 2 aromatic rings. The van der Waals surface area contributed by atoms with Crippen molar-refractivity contribution in [3.05, 3.63) is 41.4 Å². The van der Waals surface area contributed by atoms with Crippen LogP contribution in [0.15, 0.2) is 46.5 Å². The third-order valence-electron chi connectivity index (χ3n) is 2.38. The first-order valence-corrected chi connectivity index (χ1v) is 7.54. The average molecular weight is 354 g/mol. The molecule has 1 aromatic carbocycles. The number of rotatable bonds is 6. The molecule has 0 saturated carbocycles. The fraction of sp³-hybridized carbons (Fsp3) is 0.154. The summed E-state index contributed by atoms with van der Waals surface area (Å²) >= 11 is 4.49. The van der Waals surface area contributed by atoms with E-state index in [1.54, 1.807) is 10.8 Å². The number of aromatic nitrogens is 3. The van der Waals surface area contributed by atoms with Crippen molar-refractivity contribution < 1.29 is 9.90 Å². The van der Waals surface area contributed by atoms with Crippen LogP contribution in [0.25, 0.3) is 11.4 Å². The Bertz CT molecular complexity index is 625. The van der Waals surface area contributed by atoms with Crippen LogP contribution in [0.5, 0.6) is 0 Å². The number of hydrogen-bond donors (Lipinski definition) is 1. The van der Waals surface area contributed by atoms with E-state index in [1.165, 1.54) is 0 Å². The van der Waals surface area contributed by atoms with E-state index in [4.69, 9.17) is 5.11 Å². The Labute approximate surface area is 128 Å². The van der Waals surface area contributed by atoms with Crippen LogP contribution in [0.4, 0.5) is 0 Å². The zero-order valence-electron chi connectivity index (χ0n) is 10.5. The quantitative estimate of drug-likeness (QED) is 0.638. The maximum atomic E-state index is 10.6. The second-order valence-electron chi connectivity index (χ2n) is 3.88. The van der Waals surface area contributed by atoms with E-state index in [1.807, 2.05) is 24.3 Å². The first kappa shape index (κ1) is 14.8. The molecule has 0 fully saturated rings. The zero-order valence-corrected chi connectivity index (χ0v) is 12.9. The molecule has 5 nitrogen and oxygen atoms in total. The van der Waals surface area contributed by atoms with Gasteiger partial charge in [0.2, 0.25) is 5.16 Å². The summed E-state index contributed by atoms with van der Waals surface area (Å²) in [4.78, 5) is 15.0. The molecule has 0 radical (unpaired) electrons. The molecule has 104 valence electrons. The number of hydrogen-bond acceptors (Lipinski definition) is 4. The smallest absolute Gasteiger partial charge is 0.313 e. The number of allylic oxidation sites excluding steroid dienone is 1. The second kappa shape index (κ2) is 6.71. The molecule has 0 amide bonds. The molecule has 0 aliphatic rings. The molecule has 0 spiro atoms. The normalized spacial score (nSPS) is 10.4. The van der Waals surface area contributed by atoms with E-state index in [9.17, 15) is 4.79 Å². The molecular formula is C13H12BrN3O2S. The first-order chi connectivity index (χ1) is 9.60. The minimum atomic E-state index is -0.889.